The van der Waals surface area contributed by atoms with E-state index in [4.69, 9.17) is 16.6 Å². The first-order chi connectivity index (χ1) is 14.4. The summed E-state index contributed by atoms with van der Waals surface area (Å²) >= 11 is 5.92. The molecule has 0 bridgehead atoms. The highest BCUT2D eigenvalue weighted by Gasteiger charge is 2.31. The molecule has 0 atom stereocenters. The molecule has 0 aliphatic carbocycles. The van der Waals surface area contributed by atoms with Crippen LogP contribution < -0.4 is 9.80 Å². The van der Waals surface area contributed by atoms with Gasteiger partial charge in [-0.2, -0.15) is 13.2 Å². The van der Waals surface area contributed by atoms with E-state index in [1.54, 1.807) is 16.8 Å². The Bertz CT molecular complexity index is 1210. The van der Waals surface area contributed by atoms with E-state index >= 15 is 0 Å². The van der Waals surface area contributed by atoms with Gasteiger partial charge in [0.25, 0.3) is 0 Å². The summed E-state index contributed by atoms with van der Waals surface area (Å²) in [6, 6.07) is 11.1. The molecule has 9 heteroatoms. The molecule has 0 N–H and O–H groups in total. The summed E-state index contributed by atoms with van der Waals surface area (Å²) in [6.45, 7) is 2.97. The average Bonchev–Trinajstić information content (AvgIpc) is 3.23. The first kappa shape index (κ1) is 19.0. The van der Waals surface area contributed by atoms with Crippen molar-refractivity contribution < 1.29 is 13.2 Å². The van der Waals surface area contributed by atoms with Crippen LogP contribution in [0.25, 0.3) is 16.6 Å². The maximum Gasteiger partial charge on any atom is 0.416 e. The molecule has 1 aromatic carbocycles. The van der Waals surface area contributed by atoms with Gasteiger partial charge in [-0.3, -0.25) is 0 Å². The number of nitrogens with zero attached hydrogens (tertiary/aromatic N) is 5. The molecule has 1 fully saturated rings. The van der Waals surface area contributed by atoms with Crippen molar-refractivity contribution in [2.45, 2.75) is 6.18 Å². The number of halogens is 4. The van der Waals surface area contributed by atoms with Crippen LogP contribution in [-0.4, -0.2) is 40.5 Å². The molecule has 4 heterocycles. The Kier molecular flexibility index (Phi) is 4.47. The van der Waals surface area contributed by atoms with Crippen LogP contribution in [0.1, 0.15) is 5.56 Å². The molecular formula is C21H17ClF3N5. The molecule has 0 unspecified atom stereocenters. The Morgan fingerprint density at radius 3 is 2.37 bits per heavy atom. The Hall–Kier alpha value is -3.00. The summed E-state index contributed by atoms with van der Waals surface area (Å²) in [5.41, 5.74) is 1.09. The molecule has 4 aromatic rings. The highest BCUT2D eigenvalue weighted by molar-refractivity contribution is 6.30. The van der Waals surface area contributed by atoms with E-state index in [9.17, 15) is 13.2 Å². The van der Waals surface area contributed by atoms with Crippen molar-refractivity contribution in [1.82, 2.24) is 14.4 Å². The molecule has 5 nitrogen and oxygen atoms in total. The van der Waals surface area contributed by atoms with E-state index in [-0.39, 0.29) is 0 Å². The number of anilines is 2. The molecule has 1 aliphatic heterocycles. The van der Waals surface area contributed by atoms with Crippen LogP contribution >= 0.6 is 11.6 Å². The van der Waals surface area contributed by atoms with Crippen LogP contribution in [0.15, 0.2) is 54.9 Å². The van der Waals surface area contributed by atoms with Crippen molar-refractivity contribution >= 4 is 39.8 Å². The highest BCUT2D eigenvalue weighted by atomic mass is 35.5. The van der Waals surface area contributed by atoms with Crippen LogP contribution in [-0.2, 0) is 6.18 Å². The summed E-state index contributed by atoms with van der Waals surface area (Å²) < 4.78 is 41.2. The van der Waals surface area contributed by atoms with Crippen molar-refractivity contribution in [3.63, 3.8) is 0 Å². The van der Waals surface area contributed by atoms with Gasteiger partial charge in [0.05, 0.1) is 27.1 Å². The maximum atomic E-state index is 13.2. The number of alkyl halides is 3. The normalized spacial score (nSPS) is 15.3. The second-order valence-corrected chi connectivity index (χ2v) is 7.65. The predicted molar refractivity (Wildman–Crippen MR) is 111 cm³/mol. The molecule has 154 valence electrons. The van der Waals surface area contributed by atoms with Crippen molar-refractivity contribution in [3.05, 3.63) is 65.4 Å². The number of hydrogen-bond acceptors (Lipinski definition) is 4. The molecule has 0 radical (unpaired) electrons. The van der Waals surface area contributed by atoms with Gasteiger partial charge >= 0.3 is 6.18 Å². The van der Waals surface area contributed by atoms with E-state index in [1.807, 2.05) is 24.3 Å². The third-order valence-corrected chi connectivity index (χ3v) is 5.61. The average molecular weight is 432 g/mol. The fourth-order valence-electron chi connectivity index (χ4n) is 3.87. The number of rotatable bonds is 2. The summed E-state index contributed by atoms with van der Waals surface area (Å²) in [5, 5.41) is 0.599. The van der Waals surface area contributed by atoms with Crippen LogP contribution in [0.5, 0.6) is 0 Å². The third-order valence-electron chi connectivity index (χ3n) is 5.38. The van der Waals surface area contributed by atoms with Crippen molar-refractivity contribution in [2.75, 3.05) is 36.0 Å². The molecular weight excluding hydrogens is 415 g/mol. The minimum absolute atomic E-state index is 0.442. The summed E-state index contributed by atoms with van der Waals surface area (Å²) in [7, 11) is 0. The van der Waals surface area contributed by atoms with Gasteiger partial charge < -0.3 is 14.2 Å². The third kappa shape index (κ3) is 3.31. The number of fused-ring (bicyclic) bond motifs is 3. The lowest BCUT2D eigenvalue weighted by Crippen LogP contribution is -2.47. The molecule has 0 amide bonds. The molecule has 3 aromatic heterocycles. The van der Waals surface area contributed by atoms with Crippen LogP contribution in [0.2, 0.25) is 5.02 Å². The second-order valence-electron chi connectivity index (χ2n) is 7.21. The van der Waals surface area contributed by atoms with Gasteiger partial charge in [0, 0.05) is 38.6 Å². The Morgan fingerprint density at radius 2 is 1.67 bits per heavy atom. The topological polar surface area (TPSA) is 36.7 Å². The summed E-state index contributed by atoms with van der Waals surface area (Å²) in [6.07, 6.45) is -0.983. The van der Waals surface area contributed by atoms with E-state index in [1.165, 1.54) is 6.07 Å². The van der Waals surface area contributed by atoms with E-state index in [0.717, 1.165) is 55.5 Å². The minimum atomic E-state index is -4.39. The largest absolute Gasteiger partial charge is 0.416 e. The van der Waals surface area contributed by atoms with Crippen LogP contribution in [0.4, 0.5) is 24.8 Å². The lowest BCUT2D eigenvalue weighted by atomic mass is 10.2. The number of pyridine rings is 1. The van der Waals surface area contributed by atoms with Gasteiger partial charge in [0.15, 0.2) is 5.82 Å². The van der Waals surface area contributed by atoms with Gasteiger partial charge in [-0.1, -0.05) is 11.6 Å². The Balaban J connectivity index is 1.47. The van der Waals surface area contributed by atoms with Gasteiger partial charge in [-0.05, 0) is 42.5 Å². The maximum absolute atomic E-state index is 13.2. The number of aromatic nitrogens is 3. The Morgan fingerprint density at radius 1 is 0.900 bits per heavy atom. The SMILES string of the molecule is FC(F)(F)c1ccc2nc(N3CCN(c4ccc(Cl)cn4)CC3)c3cccn3c2c1. The zero-order chi connectivity index (χ0) is 20.9. The Labute approximate surface area is 175 Å². The monoisotopic (exact) mass is 431 g/mol. The quantitative estimate of drug-likeness (QED) is 0.453. The van der Waals surface area contributed by atoms with E-state index in [2.05, 4.69) is 14.8 Å². The van der Waals surface area contributed by atoms with Crippen molar-refractivity contribution in [3.8, 4) is 0 Å². The molecule has 5 rings (SSSR count). The van der Waals surface area contributed by atoms with Gasteiger partial charge in [-0.15, -0.1) is 0 Å². The number of hydrogen-bond donors (Lipinski definition) is 0. The van der Waals surface area contributed by atoms with Crippen molar-refractivity contribution in [2.24, 2.45) is 0 Å². The van der Waals surface area contributed by atoms with E-state index in [0.29, 0.717) is 16.1 Å². The van der Waals surface area contributed by atoms with Gasteiger partial charge in [0.2, 0.25) is 0 Å². The second kappa shape index (κ2) is 7.05. The lowest BCUT2D eigenvalue weighted by Gasteiger charge is -2.36. The standard InChI is InChI=1S/C21H17ClF3N5/c22-15-4-6-19(26-13-15)28-8-10-29(11-9-28)20-17-2-1-7-30(17)18-12-14(21(23,24)25)3-5-16(18)27-20/h1-7,12-13H,8-11H2. The zero-order valence-corrected chi connectivity index (χ0v) is 16.5. The fourth-order valence-corrected chi connectivity index (χ4v) is 3.98. The lowest BCUT2D eigenvalue weighted by molar-refractivity contribution is -0.137. The van der Waals surface area contributed by atoms with E-state index < -0.39 is 11.7 Å². The molecule has 0 spiro atoms. The zero-order valence-electron chi connectivity index (χ0n) is 15.8. The number of benzene rings is 1. The predicted octanol–water partition coefficient (Wildman–Crippen LogP) is 4.88. The van der Waals surface area contributed by atoms with Crippen molar-refractivity contribution in [1.29, 1.82) is 0 Å². The van der Waals surface area contributed by atoms with Gasteiger partial charge in [-0.25, -0.2) is 9.97 Å². The highest BCUT2D eigenvalue weighted by Crippen LogP contribution is 2.33. The molecule has 0 saturated carbocycles. The van der Waals surface area contributed by atoms with Crippen LogP contribution in [0.3, 0.4) is 0 Å². The van der Waals surface area contributed by atoms with Gasteiger partial charge in [0.1, 0.15) is 5.82 Å². The molecule has 1 saturated heterocycles. The first-order valence-electron chi connectivity index (χ1n) is 9.50. The first-order valence-corrected chi connectivity index (χ1v) is 9.87. The molecule has 1 aliphatic rings. The summed E-state index contributed by atoms with van der Waals surface area (Å²) in [4.78, 5) is 13.4. The van der Waals surface area contributed by atoms with Crippen LogP contribution in [0, 0.1) is 0 Å². The summed E-state index contributed by atoms with van der Waals surface area (Å²) in [5.74, 6) is 1.65. The molecule has 30 heavy (non-hydrogen) atoms. The number of piperazine rings is 1. The fraction of sp³-hybridized carbons (Fsp3) is 0.238. The smallest absolute Gasteiger partial charge is 0.353 e. The minimum Gasteiger partial charge on any atom is -0.353 e.